The highest BCUT2D eigenvalue weighted by Crippen LogP contribution is 2.35. The number of hydrogen-bond acceptors (Lipinski definition) is 3. The molecule has 0 heterocycles. The molecule has 1 aromatic rings. The molecule has 2 N–H and O–H groups in total. The molecule has 6 heteroatoms. The van der Waals surface area contributed by atoms with E-state index in [4.69, 9.17) is 5.73 Å². The lowest BCUT2D eigenvalue weighted by Crippen LogP contribution is -2.25. The average molecular weight is 256 g/mol. The Morgan fingerprint density at radius 3 is 2.61 bits per heavy atom. The van der Waals surface area contributed by atoms with E-state index in [1.54, 1.807) is 0 Å². The summed E-state index contributed by atoms with van der Waals surface area (Å²) in [6.07, 6.45) is -0.287. The summed E-state index contributed by atoms with van der Waals surface area (Å²) < 4.78 is 25.7. The Labute approximate surface area is 103 Å². The van der Waals surface area contributed by atoms with E-state index in [1.165, 1.54) is 12.1 Å². The molecule has 0 spiro atoms. The molecule has 1 aromatic carbocycles. The fraction of sp³-hybridized carbons (Fsp3) is 0.500. The van der Waals surface area contributed by atoms with Gasteiger partial charge in [-0.25, -0.2) is 8.78 Å². The van der Waals surface area contributed by atoms with Crippen molar-refractivity contribution in [3.63, 3.8) is 0 Å². The summed E-state index contributed by atoms with van der Waals surface area (Å²) in [7, 11) is 0. The Bertz CT molecular complexity index is 461. The molecule has 2 rings (SSSR count). The predicted molar refractivity (Wildman–Crippen MR) is 62.5 cm³/mol. The van der Waals surface area contributed by atoms with Gasteiger partial charge >= 0.3 is 0 Å². The Kier molecular flexibility index (Phi) is 3.56. The minimum atomic E-state index is -2.72. The third-order valence-electron chi connectivity index (χ3n) is 3.26. The summed E-state index contributed by atoms with van der Waals surface area (Å²) in [6, 6.07) is 3.45. The zero-order chi connectivity index (χ0) is 13.3. The smallest absolute Gasteiger partial charge is 0.269 e. The minimum absolute atomic E-state index is 0.135. The number of benzene rings is 1. The summed E-state index contributed by atoms with van der Waals surface area (Å²) in [5.74, 6) is 0.408. The zero-order valence-electron chi connectivity index (χ0n) is 9.68. The van der Waals surface area contributed by atoms with E-state index in [0.29, 0.717) is 17.9 Å². The molecule has 1 fully saturated rings. The molecule has 0 radical (unpaired) electrons. The molecule has 0 aromatic heterocycles. The molecule has 1 aliphatic carbocycles. The quantitative estimate of drug-likeness (QED) is 0.650. The molecule has 1 aliphatic rings. The Hall–Kier alpha value is -1.56. The zero-order valence-corrected chi connectivity index (χ0v) is 9.68. The van der Waals surface area contributed by atoms with Gasteiger partial charge in [-0.2, -0.15) is 0 Å². The van der Waals surface area contributed by atoms with Crippen molar-refractivity contribution in [3.05, 3.63) is 39.4 Å². The van der Waals surface area contributed by atoms with Crippen molar-refractivity contribution in [2.45, 2.75) is 31.7 Å². The van der Waals surface area contributed by atoms with Crippen LogP contribution in [0.1, 0.15) is 30.4 Å². The van der Waals surface area contributed by atoms with Crippen molar-refractivity contribution in [2.75, 3.05) is 0 Å². The number of rotatable bonds is 5. The van der Waals surface area contributed by atoms with Crippen LogP contribution in [0.15, 0.2) is 18.2 Å². The van der Waals surface area contributed by atoms with Gasteiger partial charge in [-0.3, -0.25) is 10.1 Å². The molecule has 98 valence electrons. The second-order valence-corrected chi connectivity index (χ2v) is 4.65. The van der Waals surface area contributed by atoms with E-state index in [-0.39, 0.29) is 17.3 Å². The van der Waals surface area contributed by atoms with Crippen molar-refractivity contribution in [1.29, 1.82) is 0 Å². The van der Waals surface area contributed by atoms with Gasteiger partial charge in [0, 0.05) is 23.7 Å². The molecule has 1 saturated carbocycles. The van der Waals surface area contributed by atoms with Crippen LogP contribution in [-0.2, 0) is 6.42 Å². The van der Waals surface area contributed by atoms with Crippen molar-refractivity contribution in [3.8, 4) is 0 Å². The fourth-order valence-corrected chi connectivity index (χ4v) is 2.03. The molecule has 1 atom stereocenters. The maximum atomic E-state index is 12.9. The van der Waals surface area contributed by atoms with Gasteiger partial charge < -0.3 is 5.73 Å². The number of nitro groups is 1. The van der Waals surface area contributed by atoms with Gasteiger partial charge in [0.1, 0.15) is 0 Å². The molecular weight excluding hydrogens is 242 g/mol. The third kappa shape index (κ3) is 2.81. The second-order valence-electron chi connectivity index (χ2n) is 4.65. The van der Waals surface area contributed by atoms with Gasteiger partial charge in [-0.1, -0.05) is 6.07 Å². The molecule has 4 nitrogen and oxygen atoms in total. The van der Waals surface area contributed by atoms with Crippen LogP contribution in [-0.4, -0.2) is 11.0 Å². The lowest BCUT2D eigenvalue weighted by molar-refractivity contribution is -0.385. The van der Waals surface area contributed by atoms with Gasteiger partial charge in [0.05, 0.1) is 4.92 Å². The fourth-order valence-electron chi connectivity index (χ4n) is 2.03. The highest BCUT2D eigenvalue weighted by atomic mass is 19.3. The van der Waals surface area contributed by atoms with Gasteiger partial charge in [-0.05, 0) is 30.7 Å². The summed E-state index contributed by atoms with van der Waals surface area (Å²) in [4.78, 5) is 9.89. The van der Waals surface area contributed by atoms with E-state index < -0.39 is 11.3 Å². The first-order valence-electron chi connectivity index (χ1n) is 5.80. The monoisotopic (exact) mass is 256 g/mol. The van der Waals surface area contributed by atoms with E-state index >= 15 is 0 Å². The summed E-state index contributed by atoms with van der Waals surface area (Å²) in [5, 5.41) is 10.6. The molecule has 0 amide bonds. The number of nitro benzene ring substituents is 1. The average Bonchev–Trinajstić information content (AvgIpc) is 3.12. The van der Waals surface area contributed by atoms with Crippen molar-refractivity contribution in [2.24, 2.45) is 11.7 Å². The van der Waals surface area contributed by atoms with Crippen LogP contribution >= 0.6 is 0 Å². The summed E-state index contributed by atoms with van der Waals surface area (Å²) in [6.45, 7) is 0. The van der Waals surface area contributed by atoms with Crippen LogP contribution in [0.5, 0.6) is 0 Å². The van der Waals surface area contributed by atoms with E-state index in [2.05, 4.69) is 0 Å². The van der Waals surface area contributed by atoms with Crippen LogP contribution in [0.2, 0.25) is 0 Å². The van der Waals surface area contributed by atoms with Gasteiger partial charge in [-0.15, -0.1) is 0 Å². The SMILES string of the molecule is NC(Cc1ccc([N+](=O)[O-])cc1C(F)F)C1CC1. The predicted octanol–water partition coefficient (Wildman–Crippen LogP) is 2.81. The highest BCUT2D eigenvalue weighted by Gasteiger charge is 2.29. The minimum Gasteiger partial charge on any atom is -0.327 e. The van der Waals surface area contributed by atoms with Crippen LogP contribution in [0.3, 0.4) is 0 Å². The Morgan fingerprint density at radius 1 is 1.44 bits per heavy atom. The normalized spacial score (nSPS) is 16.9. The largest absolute Gasteiger partial charge is 0.327 e. The molecule has 1 unspecified atom stereocenters. The van der Waals surface area contributed by atoms with E-state index in [1.807, 2.05) is 0 Å². The number of non-ortho nitro benzene ring substituents is 1. The Morgan fingerprint density at radius 2 is 2.11 bits per heavy atom. The number of nitrogens with zero attached hydrogens (tertiary/aromatic N) is 1. The van der Waals surface area contributed by atoms with Gasteiger partial charge in [0.15, 0.2) is 0 Å². The number of halogens is 2. The number of hydrogen-bond donors (Lipinski definition) is 1. The van der Waals surface area contributed by atoms with E-state index in [0.717, 1.165) is 18.9 Å². The first-order valence-corrected chi connectivity index (χ1v) is 5.80. The summed E-state index contributed by atoms with van der Waals surface area (Å²) in [5.41, 5.74) is 5.72. The lowest BCUT2D eigenvalue weighted by atomic mass is 9.98. The van der Waals surface area contributed by atoms with Crippen LogP contribution in [0.4, 0.5) is 14.5 Å². The first kappa shape index (κ1) is 12.9. The first-order chi connectivity index (χ1) is 8.49. The molecule has 18 heavy (non-hydrogen) atoms. The Balaban J connectivity index is 2.24. The van der Waals surface area contributed by atoms with Crippen molar-refractivity contribution < 1.29 is 13.7 Å². The lowest BCUT2D eigenvalue weighted by Gasteiger charge is -2.13. The topological polar surface area (TPSA) is 69.2 Å². The van der Waals surface area contributed by atoms with Crippen LogP contribution in [0, 0.1) is 16.0 Å². The highest BCUT2D eigenvalue weighted by molar-refractivity contribution is 5.41. The molecule has 0 aliphatic heterocycles. The van der Waals surface area contributed by atoms with Crippen LogP contribution < -0.4 is 5.73 Å². The summed E-state index contributed by atoms with van der Waals surface area (Å²) >= 11 is 0. The molecular formula is C12H14F2N2O2. The van der Waals surface area contributed by atoms with Crippen molar-refractivity contribution in [1.82, 2.24) is 0 Å². The molecule has 0 bridgehead atoms. The van der Waals surface area contributed by atoms with E-state index in [9.17, 15) is 18.9 Å². The van der Waals surface area contributed by atoms with Gasteiger partial charge in [0.2, 0.25) is 0 Å². The second kappa shape index (κ2) is 4.97. The molecule has 0 saturated heterocycles. The van der Waals surface area contributed by atoms with Crippen LogP contribution in [0.25, 0.3) is 0 Å². The standard InChI is InChI=1S/C12H14F2N2O2/c13-12(14)10-6-9(16(17)18)4-3-8(10)5-11(15)7-1-2-7/h3-4,6-7,11-12H,1-2,5,15H2. The van der Waals surface area contributed by atoms with Crippen molar-refractivity contribution >= 4 is 5.69 Å². The number of alkyl halides is 2. The third-order valence-corrected chi connectivity index (χ3v) is 3.26. The van der Waals surface area contributed by atoms with Gasteiger partial charge in [0.25, 0.3) is 12.1 Å². The maximum Gasteiger partial charge on any atom is 0.269 e. The maximum absolute atomic E-state index is 12.9. The number of nitrogens with two attached hydrogens (primary N) is 1.